The summed E-state index contributed by atoms with van der Waals surface area (Å²) in [6, 6.07) is 0. The number of carboxylic acid groups (broad SMARTS) is 1. The summed E-state index contributed by atoms with van der Waals surface area (Å²) in [6.07, 6.45) is 3.28. The predicted octanol–water partition coefficient (Wildman–Crippen LogP) is 1.27. The average Bonchev–Trinajstić information content (AvgIpc) is 1.66. The smallest absolute Gasteiger partial charge is 0.303 e. The zero-order valence-electron chi connectivity index (χ0n) is 6.18. The third-order valence-electron chi connectivity index (χ3n) is 0.994. The monoisotopic (exact) mass is 201 g/mol. The molecule has 0 saturated heterocycles. The van der Waals surface area contributed by atoms with E-state index in [-0.39, 0.29) is 58.2 Å². The Bertz CT molecular complexity index is 73.5. The first-order valence-corrected chi connectivity index (χ1v) is 2.99. The number of unbranched alkanes of at least 4 members (excludes halogenated alkanes) is 2. The molecule has 0 saturated carbocycles. The predicted molar refractivity (Wildman–Crippen MR) is 37.5 cm³/mol. The zero-order valence-corrected chi connectivity index (χ0v) is 11.1. The standard InChI is InChI=1S/C6H12O2.Rb/c1-2-3-4-5-6(7)8;/h2-5H2,1H3,(H,7,8);. The van der Waals surface area contributed by atoms with Gasteiger partial charge < -0.3 is 5.11 Å². The molecule has 1 N–H and O–H groups in total. The summed E-state index contributed by atoms with van der Waals surface area (Å²) in [7, 11) is 0. The van der Waals surface area contributed by atoms with E-state index in [1.54, 1.807) is 0 Å². The van der Waals surface area contributed by atoms with Crippen LogP contribution in [0.4, 0.5) is 0 Å². The van der Waals surface area contributed by atoms with Gasteiger partial charge in [-0.15, -0.1) is 0 Å². The minimum absolute atomic E-state index is 0. The molecule has 0 aromatic rings. The summed E-state index contributed by atoms with van der Waals surface area (Å²) in [5.41, 5.74) is 0. The molecule has 0 aromatic heterocycles. The molecule has 1 radical (unpaired) electrons. The van der Waals surface area contributed by atoms with Gasteiger partial charge in [-0.3, -0.25) is 4.79 Å². The first-order valence-electron chi connectivity index (χ1n) is 2.99. The number of aliphatic carboxylic acids is 1. The Hall–Kier alpha value is 1.28. The van der Waals surface area contributed by atoms with Crippen molar-refractivity contribution in [2.24, 2.45) is 0 Å². The number of rotatable bonds is 4. The first kappa shape index (κ1) is 12.9. The van der Waals surface area contributed by atoms with Gasteiger partial charge in [0, 0.05) is 64.6 Å². The van der Waals surface area contributed by atoms with Gasteiger partial charge in [0.15, 0.2) is 0 Å². The van der Waals surface area contributed by atoms with Crippen molar-refractivity contribution in [3.05, 3.63) is 0 Å². The van der Waals surface area contributed by atoms with Crippen LogP contribution in [0.5, 0.6) is 0 Å². The van der Waals surface area contributed by atoms with Crippen molar-refractivity contribution < 1.29 is 9.90 Å². The Morgan fingerprint density at radius 1 is 1.44 bits per heavy atom. The fourth-order valence-corrected chi connectivity index (χ4v) is 0.526. The van der Waals surface area contributed by atoms with Crippen LogP contribution in [0, 0.1) is 0 Å². The van der Waals surface area contributed by atoms with Crippen molar-refractivity contribution in [3.8, 4) is 0 Å². The molecule has 0 aliphatic heterocycles. The fraction of sp³-hybridized carbons (Fsp3) is 0.833. The second kappa shape index (κ2) is 9.28. The van der Waals surface area contributed by atoms with Crippen LogP contribution in [0.3, 0.4) is 0 Å². The van der Waals surface area contributed by atoms with Gasteiger partial charge in [-0.1, -0.05) is 19.8 Å². The fourth-order valence-electron chi connectivity index (χ4n) is 0.526. The van der Waals surface area contributed by atoms with Crippen molar-refractivity contribution in [2.75, 3.05) is 0 Å². The summed E-state index contributed by atoms with van der Waals surface area (Å²) in [5.74, 6) is -0.682. The molecule has 9 heavy (non-hydrogen) atoms. The van der Waals surface area contributed by atoms with Gasteiger partial charge in [0.2, 0.25) is 0 Å². The molecule has 3 heteroatoms. The summed E-state index contributed by atoms with van der Waals surface area (Å²) in [6.45, 7) is 2.06. The Labute approximate surface area is 105 Å². The molecule has 0 unspecified atom stereocenters. The molecule has 0 fully saturated rings. The molecular formula is C6H12O2Rb. The van der Waals surface area contributed by atoms with Crippen LogP contribution in [0.2, 0.25) is 0 Å². The normalized spacial score (nSPS) is 8.11. The zero-order chi connectivity index (χ0) is 6.41. The Morgan fingerprint density at radius 2 is 2.00 bits per heavy atom. The summed E-state index contributed by atoms with van der Waals surface area (Å²) in [5, 5.41) is 8.14. The van der Waals surface area contributed by atoms with Gasteiger partial charge in [-0.2, -0.15) is 0 Å². The van der Waals surface area contributed by atoms with Crippen LogP contribution in [0.25, 0.3) is 0 Å². The van der Waals surface area contributed by atoms with Gasteiger partial charge in [-0.25, -0.2) is 0 Å². The quantitative estimate of drug-likeness (QED) is 0.696. The number of carbonyl (C=O) groups is 1. The SMILES string of the molecule is CCCCCC(=O)O.[Rb]. The molecule has 49 valence electrons. The molecule has 0 aromatic carbocycles. The molecule has 0 aliphatic carbocycles. The van der Waals surface area contributed by atoms with Crippen LogP contribution < -0.4 is 0 Å². The van der Waals surface area contributed by atoms with E-state index in [0.29, 0.717) is 6.42 Å². The van der Waals surface area contributed by atoms with E-state index in [9.17, 15) is 4.79 Å². The molecule has 0 atom stereocenters. The van der Waals surface area contributed by atoms with Crippen LogP contribution in [-0.2, 0) is 4.79 Å². The van der Waals surface area contributed by atoms with Crippen molar-refractivity contribution in [1.29, 1.82) is 0 Å². The first-order chi connectivity index (χ1) is 3.77. The third-order valence-corrected chi connectivity index (χ3v) is 0.994. The van der Waals surface area contributed by atoms with E-state index >= 15 is 0 Å². The second-order valence-corrected chi connectivity index (χ2v) is 1.85. The largest absolute Gasteiger partial charge is 0.481 e. The van der Waals surface area contributed by atoms with Crippen LogP contribution in [0.15, 0.2) is 0 Å². The maximum Gasteiger partial charge on any atom is 0.303 e. The number of hydrogen-bond acceptors (Lipinski definition) is 1. The molecule has 0 amide bonds. The minimum atomic E-state index is -0.682. The Morgan fingerprint density at radius 3 is 2.33 bits per heavy atom. The van der Waals surface area contributed by atoms with Crippen molar-refractivity contribution in [1.82, 2.24) is 0 Å². The molecule has 2 nitrogen and oxygen atoms in total. The molecular weight excluding hydrogens is 190 g/mol. The number of carboxylic acids is 1. The topological polar surface area (TPSA) is 37.3 Å². The van der Waals surface area contributed by atoms with Gasteiger partial charge in [0.25, 0.3) is 0 Å². The van der Waals surface area contributed by atoms with Crippen LogP contribution >= 0.6 is 0 Å². The molecule has 0 aliphatic rings. The summed E-state index contributed by atoms with van der Waals surface area (Å²) in [4.78, 5) is 9.87. The second-order valence-electron chi connectivity index (χ2n) is 1.85. The third kappa shape index (κ3) is 12.5. The number of hydrogen-bond donors (Lipinski definition) is 1. The van der Waals surface area contributed by atoms with Crippen molar-refractivity contribution >= 4 is 64.2 Å². The molecule has 0 spiro atoms. The van der Waals surface area contributed by atoms with E-state index in [1.165, 1.54) is 0 Å². The van der Waals surface area contributed by atoms with Crippen LogP contribution in [-0.4, -0.2) is 69.3 Å². The van der Waals surface area contributed by atoms with E-state index < -0.39 is 5.97 Å². The maximum atomic E-state index is 9.87. The van der Waals surface area contributed by atoms with E-state index in [4.69, 9.17) is 5.11 Å². The van der Waals surface area contributed by atoms with Crippen LogP contribution in [0.1, 0.15) is 32.6 Å². The van der Waals surface area contributed by atoms with E-state index in [1.807, 2.05) is 0 Å². The average molecular weight is 202 g/mol. The Balaban J connectivity index is 0. The summed E-state index contributed by atoms with van der Waals surface area (Å²) >= 11 is 0. The van der Waals surface area contributed by atoms with E-state index in [2.05, 4.69) is 6.92 Å². The maximum absolute atomic E-state index is 9.87. The van der Waals surface area contributed by atoms with Gasteiger partial charge in [0.05, 0.1) is 0 Å². The van der Waals surface area contributed by atoms with Gasteiger partial charge in [0.1, 0.15) is 0 Å². The van der Waals surface area contributed by atoms with E-state index in [0.717, 1.165) is 19.3 Å². The van der Waals surface area contributed by atoms with Gasteiger partial charge >= 0.3 is 5.97 Å². The molecule has 0 rings (SSSR count). The molecule has 0 bridgehead atoms. The van der Waals surface area contributed by atoms with Crippen molar-refractivity contribution in [2.45, 2.75) is 32.6 Å². The molecule has 0 heterocycles. The summed E-state index contributed by atoms with van der Waals surface area (Å²) < 4.78 is 0. The minimum Gasteiger partial charge on any atom is -0.481 e. The van der Waals surface area contributed by atoms with Crippen molar-refractivity contribution in [3.63, 3.8) is 0 Å². The Kier molecular flexibility index (Phi) is 13.3. The van der Waals surface area contributed by atoms with Gasteiger partial charge in [-0.05, 0) is 6.42 Å².